The summed E-state index contributed by atoms with van der Waals surface area (Å²) >= 11 is 7.24. The molecule has 0 atom stereocenters. The van der Waals surface area contributed by atoms with Crippen molar-refractivity contribution in [2.24, 2.45) is 0 Å². The van der Waals surface area contributed by atoms with Crippen LogP contribution in [0.25, 0.3) is 16.7 Å². The maximum absolute atomic E-state index is 12.0. The molecule has 3 heterocycles. The van der Waals surface area contributed by atoms with Crippen molar-refractivity contribution in [2.75, 3.05) is 0 Å². The van der Waals surface area contributed by atoms with E-state index in [0.717, 1.165) is 0 Å². The normalized spacial score (nSPS) is 11.2. The number of thioether (sulfide) groups is 1. The largest absolute Gasteiger partial charge is 0.431 e. The summed E-state index contributed by atoms with van der Waals surface area (Å²) in [5.74, 6) is 0.391. The lowest BCUT2D eigenvalue weighted by molar-refractivity contribution is 0.489. The van der Waals surface area contributed by atoms with Gasteiger partial charge in [0.15, 0.2) is 11.2 Å². The summed E-state index contributed by atoms with van der Waals surface area (Å²) in [5, 5.41) is 12.8. The quantitative estimate of drug-likeness (QED) is 0.566. The molecule has 0 saturated heterocycles. The highest BCUT2D eigenvalue weighted by Crippen LogP contribution is 2.27. The minimum atomic E-state index is -0.276. The van der Waals surface area contributed by atoms with Crippen LogP contribution in [0.3, 0.4) is 0 Å². The van der Waals surface area contributed by atoms with E-state index in [-0.39, 0.29) is 5.56 Å². The number of oxazole rings is 1. The zero-order valence-electron chi connectivity index (χ0n) is 12.0. The van der Waals surface area contributed by atoms with E-state index < -0.39 is 0 Å². The van der Waals surface area contributed by atoms with E-state index in [4.69, 9.17) is 21.3 Å². The van der Waals surface area contributed by atoms with Gasteiger partial charge in [0.1, 0.15) is 17.1 Å². The first-order chi connectivity index (χ1) is 11.6. The number of hydrogen-bond donors (Lipinski definition) is 1. The summed E-state index contributed by atoms with van der Waals surface area (Å²) in [4.78, 5) is 20.7. The van der Waals surface area contributed by atoms with Gasteiger partial charge in [-0.05, 0) is 18.2 Å². The summed E-state index contributed by atoms with van der Waals surface area (Å²) < 4.78 is 6.85. The van der Waals surface area contributed by atoms with E-state index in [0.29, 0.717) is 44.0 Å². The molecule has 0 aliphatic heterocycles. The topological polar surface area (TPSA) is 100.0 Å². The highest BCUT2D eigenvalue weighted by Gasteiger charge is 2.11. The Labute approximate surface area is 143 Å². The fourth-order valence-corrected chi connectivity index (χ4v) is 3.16. The van der Waals surface area contributed by atoms with Gasteiger partial charge in [-0.2, -0.15) is 5.26 Å². The van der Waals surface area contributed by atoms with Crippen LogP contribution in [0.2, 0.25) is 5.02 Å². The third-order valence-electron chi connectivity index (χ3n) is 3.34. The van der Waals surface area contributed by atoms with E-state index in [9.17, 15) is 4.79 Å². The first-order valence-electron chi connectivity index (χ1n) is 6.83. The van der Waals surface area contributed by atoms with Gasteiger partial charge in [-0.1, -0.05) is 23.4 Å². The smallest absolute Gasteiger partial charge is 0.272 e. The molecule has 7 nitrogen and oxygen atoms in total. The molecule has 0 aliphatic carbocycles. The second-order valence-electron chi connectivity index (χ2n) is 4.92. The maximum Gasteiger partial charge on any atom is 0.272 e. The van der Waals surface area contributed by atoms with Crippen molar-refractivity contribution in [1.82, 2.24) is 19.6 Å². The number of halogens is 1. The molecular weight excluding hydrogens is 350 g/mol. The van der Waals surface area contributed by atoms with E-state index in [1.165, 1.54) is 28.5 Å². The van der Waals surface area contributed by atoms with Gasteiger partial charge in [-0.3, -0.25) is 9.89 Å². The molecule has 24 heavy (non-hydrogen) atoms. The van der Waals surface area contributed by atoms with E-state index in [1.54, 1.807) is 18.2 Å². The predicted molar refractivity (Wildman–Crippen MR) is 89.1 cm³/mol. The fourth-order valence-electron chi connectivity index (χ4n) is 2.26. The number of aromatic amines is 1. The van der Waals surface area contributed by atoms with Crippen molar-refractivity contribution in [3.8, 4) is 6.07 Å². The Hall–Kier alpha value is -2.76. The van der Waals surface area contributed by atoms with E-state index in [1.807, 2.05) is 6.07 Å². The summed E-state index contributed by atoms with van der Waals surface area (Å²) in [5.41, 5.74) is 2.21. The van der Waals surface area contributed by atoms with Gasteiger partial charge in [0, 0.05) is 23.0 Å². The zero-order chi connectivity index (χ0) is 16.7. The van der Waals surface area contributed by atoms with Crippen LogP contribution in [-0.2, 0) is 5.75 Å². The van der Waals surface area contributed by atoms with Crippen molar-refractivity contribution in [1.29, 1.82) is 5.26 Å². The van der Waals surface area contributed by atoms with Crippen LogP contribution in [0, 0.1) is 11.3 Å². The standard InChI is InChI=1S/C15H8ClN5O2S/c16-9-1-2-12-11(3-9)20-15(23-12)24-7-10-4-13(22)21-14(19-10)8(5-17)6-18-21/h1-4,6,18H,7H2. The highest BCUT2D eigenvalue weighted by atomic mass is 35.5. The number of fused-ring (bicyclic) bond motifs is 2. The molecule has 0 aliphatic rings. The van der Waals surface area contributed by atoms with Crippen LogP contribution in [-0.4, -0.2) is 19.6 Å². The van der Waals surface area contributed by atoms with Gasteiger partial charge in [-0.25, -0.2) is 14.5 Å². The minimum Gasteiger partial charge on any atom is -0.431 e. The lowest BCUT2D eigenvalue weighted by Gasteiger charge is -1.99. The summed E-state index contributed by atoms with van der Waals surface area (Å²) in [7, 11) is 0. The average molecular weight is 358 g/mol. The van der Waals surface area contributed by atoms with Crippen molar-refractivity contribution in [3.63, 3.8) is 0 Å². The average Bonchev–Trinajstić information content (AvgIpc) is 3.15. The van der Waals surface area contributed by atoms with Gasteiger partial charge in [-0.15, -0.1) is 0 Å². The van der Waals surface area contributed by atoms with E-state index >= 15 is 0 Å². The molecule has 0 saturated carbocycles. The van der Waals surface area contributed by atoms with Crippen LogP contribution in [0.5, 0.6) is 0 Å². The van der Waals surface area contributed by atoms with Crippen LogP contribution >= 0.6 is 23.4 Å². The van der Waals surface area contributed by atoms with Gasteiger partial charge in [0.05, 0.1) is 5.69 Å². The first kappa shape index (κ1) is 14.8. The molecule has 9 heteroatoms. The maximum atomic E-state index is 12.0. The Bertz CT molecular complexity index is 1170. The van der Waals surface area contributed by atoms with Gasteiger partial charge in [0.2, 0.25) is 0 Å². The lowest BCUT2D eigenvalue weighted by atomic mass is 10.3. The molecule has 0 bridgehead atoms. The van der Waals surface area contributed by atoms with Crippen LogP contribution in [0.15, 0.2) is 44.9 Å². The Morgan fingerprint density at radius 1 is 1.38 bits per heavy atom. The molecule has 4 rings (SSSR count). The molecule has 0 fully saturated rings. The monoisotopic (exact) mass is 357 g/mol. The molecule has 0 unspecified atom stereocenters. The number of aromatic nitrogens is 4. The van der Waals surface area contributed by atoms with E-state index in [2.05, 4.69) is 15.1 Å². The second-order valence-corrected chi connectivity index (χ2v) is 6.29. The Kier molecular flexibility index (Phi) is 3.52. The molecule has 0 amide bonds. The highest BCUT2D eigenvalue weighted by molar-refractivity contribution is 7.98. The molecule has 118 valence electrons. The van der Waals surface area contributed by atoms with Gasteiger partial charge >= 0.3 is 0 Å². The molecule has 3 aromatic heterocycles. The predicted octanol–water partition coefficient (Wildman–Crippen LogP) is 2.98. The molecule has 0 radical (unpaired) electrons. The fraction of sp³-hybridized carbons (Fsp3) is 0.0667. The van der Waals surface area contributed by atoms with Crippen molar-refractivity contribution in [3.05, 3.63) is 57.1 Å². The van der Waals surface area contributed by atoms with Crippen molar-refractivity contribution in [2.45, 2.75) is 11.0 Å². The van der Waals surface area contributed by atoms with Gasteiger partial charge in [0.25, 0.3) is 10.8 Å². The zero-order valence-corrected chi connectivity index (χ0v) is 13.6. The third kappa shape index (κ3) is 2.54. The second kappa shape index (κ2) is 5.70. The van der Waals surface area contributed by atoms with Crippen molar-refractivity contribution < 1.29 is 4.42 Å². The number of H-pyrrole nitrogens is 1. The summed E-state index contributed by atoms with van der Waals surface area (Å²) in [6.45, 7) is 0. The van der Waals surface area contributed by atoms with Gasteiger partial charge < -0.3 is 4.42 Å². The number of nitriles is 1. The van der Waals surface area contributed by atoms with Crippen LogP contribution < -0.4 is 5.56 Å². The molecule has 1 N–H and O–H groups in total. The Morgan fingerprint density at radius 3 is 3.08 bits per heavy atom. The molecule has 1 aromatic carbocycles. The number of hydrogen-bond acceptors (Lipinski definition) is 6. The SMILES string of the molecule is N#Cc1c[nH]n2c(=O)cc(CSc3nc4cc(Cl)ccc4o3)nc12. The minimum absolute atomic E-state index is 0.276. The first-order valence-corrected chi connectivity index (χ1v) is 8.19. The Morgan fingerprint density at radius 2 is 2.25 bits per heavy atom. The third-order valence-corrected chi connectivity index (χ3v) is 4.44. The molecular formula is C15H8ClN5O2S. The number of benzene rings is 1. The number of nitrogens with zero attached hydrogens (tertiary/aromatic N) is 4. The number of nitrogens with one attached hydrogen (secondary N) is 1. The van der Waals surface area contributed by atoms with Crippen LogP contribution in [0.1, 0.15) is 11.3 Å². The Balaban J connectivity index is 1.64. The lowest BCUT2D eigenvalue weighted by Crippen LogP contribution is -2.15. The molecule has 0 spiro atoms. The molecule has 4 aromatic rings. The van der Waals surface area contributed by atoms with Crippen molar-refractivity contribution >= 4 is 40.1 Å². The summed E-state index contributed by atoms with van der Waals surface area (Å²) in [6, 6.07) is 8.62. The van der Waals surface area contributed by atoms with Crippen LogP contribution in [0.4, 0.5) is 0 Å². The number of rotatable bonds is 3. The summed E-state index contributed by atoms with van der Waals surface area (Å²) in [6.07, 6.45) is 1.45.